The van der Waals surface area contributed by atoms with E-state index in [-0.39, 0.29) is 32.1 Å². The number of phosphoric acid groups is 2. The van der Waals surface area contributed by atoms with Gasteiger partial charge >= 0.3 is 33.6 Å². The zero-order valence-corrected chi connectivity index (χ0v) is 62.9. The second-order valence-electron chi connectivity index (χ2n) is 27.2. The van der Waals surface area contributed by atoms with Crippen LogP contribution in [-0.4, -0.2) is 163 Å². The van der Waals surface area contributed by atoms with Gasteiger partial charge in [-0.2, -0.15) is 0 Å². The van der Waals surface area contributed by atoms with E-state index in [1.54, 1.807) is 0 Å². The Hall–Kier alpha value is -3.59. The number of carbonyl (C=O) groups excluding carboxylic acids is 7. The molecule has 0 aromatic carbocycles. The SMILES string of the molecule is CCCCCC/C=C\CCCC(=O)O[C@H](CCCCCCC)CC(=O)O[C@@H]1[C@@H](NC(=O)CC(=O)CCCCCCCCCCC)[C@H](OC[C@H]2O[C@H](OP(=O)(O)O)[C@H](NC(=O)CC(=O)CCCCCCCCCCC)[C@@H](OC(=O)C[C@H](O)CCCCCCC)[C@@H]2O)O[C@H](CO)[C@H]1OP(=O)(O)O. The number of carbonyl (C=O) groups is 7. The Kier molecular flexibility index (Phi) is 51.6. The summed E-state index contributed by atoms with van der Waals surface area (Å²) in [5.41, 5.74) is 0. The first-order chi connectivity index (χ1) is 47.9. The van der Waals surface area contributed by atoms with E-state index in [9.17, 15) is 77.6 Å². The average Bonchev–Trinajstić information content (AvgIpc) is 0.882. The van der Waals surface area contributed by atoms with Gasteiger partial charge < -0.3 is 73.9 Å². The molecule has 100 heavy (non-hydrogen) atoms. The van der Waals surface area contributed by atoms with Crippen molar-refractivity contribution in [1.29, 1.82) is 0 Å². The van der Waals surface area contributed by atoms with E-state index < -0.39 is 169 Å². The van der Waals surface area contributed by atoms with Crippen molar-refractivity contribution in [2.75, 3.05) is 13.2 Å². The number of phosphoric ester groups is 2. The molecule has 0 aliphatic carbocycles. The lowest BCUT2D eigenvalue weighted by molar-refractivity contribution is -0.296. The van der Waals surface area contributed by atoms with Crippen LogP contribution in [0.5, 0.6) is 0 Å². The maximum atomic E-state index is 14.5. The summed E-state index contributed by atoms with van der Waals surface area (Å²) < 4.78 is 71.7. The fourth-order valence-electron chi connectivity index (χ4n) is 12.4. The number of allylic oxidation sites excluding steroid dienone is 2. The lowest BCUT2D eigenvalue weighted by Gasteiger charge is -2.47. The Morgan fingerprint density at radius 2 is 0.870 bits per heavy atom. The molecule has 12 atom stereocenters. The number of rotatable bonds is 62. The second kappa shape index (κ2) is 55.8. The molecule has 2 saturated heterocycles. The fraction of sp³-hybridized carbons (Fsp3) is 0.875. The molecule has 9 N–H and O–H groups in total. The highest BCUT2D eigenvalue weighted by Gasteiger charge is 2.55. The van der Waals surface area contributed by atoms with Gasteiger partial charge in [-0.25, -0.2) is 9.13 Å². The molecule has 0 saturated carbocycles. The van der Waals surface area contributed by atoms with Gasteiger partial charge in [0.05, 0.1) is 45.0 Å². The van der Waals surface area contributed by atoms with Crippen LogP contribution in [0, 0.1) is 0 Å². The van der Waals surface area contributed by atoms with Gasteiger partial charge in [0, 0.05) is 19.3 Å². The van der Waals surface area contributed by atoms with Crippen molar-refractivity contribution in [2.45, 2.75) is 391 Å². The van der Waals surface area contributed by atoms with E-state index in [0.717, 1.165) is 173 Å². The van der Waals surface area contributed by atoms with Crippen LogP contribution in [0.25, 0.3) is 0 Å². The van der Waals surface area contributed by atoms with Gasteiger partial charge in [0.25, 0.3) is 0 Å². The third-order valence-corrected chi connectivity index (χ3v) is 19.0. The fourth-order valence-corrected chi connectivity index (χ4v) is 13.4. The van der Waals surface area contributed by atoms with Crippen molar-refractivity contribution in [2.24, 2.45) is 0 Å². The zero-order chi connectivity index (χ0) is 74.0. The van der Waals surface area contributed by atoms with Crippen LogP contribution in [-0.2, 0) is 80.2 Å². The van der Waals surface area contributed by atoms with Gasteiger partial charge in [0.15, 0.2) is 24.8 Å². The van der Waals surface area contributed by atoms with Crippen LogP contribution < -0.4 is 10.6 Å². The van der Waals surface area contributed by atoms with E-state index in [1.807, 2.05) is 19.9 Å². The smallest absolute Gasteiger partial charge is 0.462 e. The minimum atomic E-state index is -5.66. The number of amides is 2. The minimum absolute atomic E-state index is 0.00326. The predicted molar refractivity (Wildman–Crippen MR) is 377 cm³/mol. The molecule has 0 spiro atoms. The molecule has 2 fully saturated rings. The molecule has 28 heteroatoms. The van der Waals surface area contributed by atoms with Gasteiger partial charge in [-0.15, -0.1) is 0 Å². The maximum absolute atomic E-state index is 14.5. The molecular weight excluding hydrogens is 1340 g/mol. The first kappa shape index (κ1) is 92.5. The molecule has 2 aliphatic heterocycles. The van der Waals surface area contributed by atoms with Crippen LogP contribution in [0.15, 0.2) is 12.2 Å². The van der Waals surface area contributed by atoms with Crippen LogP contribution in [0.1, 0.15) is 317 Å². The number of unbranched alkanes of at least 4 members (excludes halogenated alkanes) is 29. The number of esters is 3. The number of aliphatic hydroxyl groups is 3. The van der Waals surface area contributed by atoms with Crippen LogP contribution in [0.4, 0.5) is 0 Å². The summed E-state index contributed by atoms with van der Waals surface area (Å²) in [5, 5.41) is 39.0. The van der Waals surface area contributed by atoms with E-state index >= 15 is 0 Å². The van der Waals surface area contributed by atoms with Crippen LogP contribution >= 0.6 is 15.6 Å². The highest BCUT2D eigenvalue weighted by molar-refractivity contribution is 7.46. The molecule has 0 unspecified atom stereocenters. The molecule has 0 aromatic heterocycles. The van der Waals surface area contributed by atoms with E-state index in [0.29, 0.717) is 44.9 Å². The summed E-state index contributed by atoms with van der Waals surface area (Å²) in [7, 11) is -11.3. The van der Waals surface area contributed by atoms with Crippen molar-refractivity contribution >= 4 is 56.9 Å². The summed E-state index contributed by atoms with van der Waals surface area (Å²) >= 11 is 0. The number of aliphatic hydroxyl groups excluding tert-OH is 3. The third-order valence-electron chi connectivity index (χ3n) is 18.0. The van der Waals surface area contributed by atoms with E-state index in [1.165, 1.54) is 6.42 Å². The topological polar surface area (TPSA) is 393 Å². The van der Waals surface area contributed by atoms with Gasteiger partial charge in [-0.1, -0.05) is 227 Å². The Labute approximate surface area is 596 Å². The van der Waals surface area contributed by atoms with Crippen molar-refractivity contribution in [3.8, 4) is 0 Å². The Morgan fingerprint density at radius 3 is 1.35 bits per heavy atom. The third kappa shape index (κ3) is 44.3. The Morgan fingerprint density at radius 1 is 0.460 bits per heavy atom. The molecule has 2 amide bonds. The molecule has 2 aliphatic rings. The number of ether oxygens (including phenoxy) is 6. The normalized spacial score (nSPS) is 21.7. The largest absolute Gasteiger partial charge is 0.472 e. The van der Waals surface area contributed by atoms with Crippen molar-refractivity contribution < 1.29 is 115 Å². The first-order valence-corrected chi connectivity index (χ1v) is 41.2. The number of hydrogen-bond donors (Lipinski definition) is 9. The lowest BCUT2D eigenvalue weighted by atomic mass is 9.95. The number of ketones is 2. The van der Waals surface area contributed by atoms with Gasteiger partial charge in [-0.3, -0.25) is 42.6 Å². The standard InChI is InChI=1S/C72H130N2O24P2/c1-6-11-16-21-24-27-30-35-39-43-54(76)48-60(79)73-65-69(95-63(82)50-56(78)45-38-33-19-14-9-4)67(84)59(94-72(65)98-100(88,89)90)53-91-71-66(74-61(80)49-55(77)44-40-36-31-28-25-22-17-12-7-2)70(68(58(52-75)93-71)97-99(85,86)87)96-64(83)51-57(46-41-34-20-15-10-5)92-62(81)47-42-37-32-29-26-23-18-13-8-3/h29,32,56-59,65-72,75,78,84H,6-28,30-31,33-53H2,1-5H3,(H,73,79)(H,74,80)(H2,85,86,87)(H2,88,89,90)/b32-29-/t56-,57-,58-,59-,65-,66-,67-,68-,69-,70-,71-,72-/m1/s1. The molecule has 0 radical (unpaired) electrons. The minimum Gasteiger partial charge on any atom is -0.462 e. The summed E-state index contributed by atoms with van der Waals surface area (Å²) in [5.74, 6) is -5.87. The van der Waals surface area contributed by atoms with Crippen molar-refractivity contribution in [3.63, 3.8) is 0 Å². The molecule has 0 bridgehead atoms. The monoisotopic (exact) mass is 1470 g/mol. The highest BCUT2D eigenvalue weighted by Crippen LogP contribution is 2.44. The van der Waals surface area contributed by atoms with Crippen LogP contribution in [0.3, 0.4) is 0 Å². The molecule has 2 heterocycles. The maximum Gasteiger partial charge on any atom is 0.472 e. The second-order valence-corrected chi connectivity index (χ2v) is 29.6. The number of Topliss-reactive ketones (excluding diaryl/α,β-unsaturated/α-hetero) is 2. The van der Waals surface area contributed by atoms with Gasteiger partial charge in [0.1, 0.15) is 54.2 Å². The van der Waals surface area contributed by atoms with Crippen molar-refractivity contribution in [3.05, 3.63) is 12.2 Å². The van der Waals surface area contributed by atoms with Crippen molar-refractivity contribution in [1.82, 2.24) is 10.6 Å². The average molecular weight is 1470 g/mol. The van der Waals surface area contributed by atoms with Crippen LogP contribution in [0.2, 0.25) is 0 Å². The summed E-state index contributed by atoms with van der Waals surface area (Å²) in [6.45, 7) is 8.36. The highest BCUT2D eigenvalue weighted by atomic mass is 31.2. The lowest BCUT2D eigenvalue weighted by Crippen LogP contribution is -2.68. The molecular formula is C72H130N2O24P2. The number of hydrogen-bond acceptors (Lipinski definition) is 20. The van der Waals surface area contributed by atoms with E-state index in [4.69, 9.17) is 37.5 Å². The summed E-state index contributed by atoms with van der Waals surface area (Å²) in [6.07, 6.45) is 14.8. The molecule has 0 aromatic rings. The summed E-state index contributed by atoms with van der Waals surface area (Å²) in [4.78, 5) is 138. The predicted octanol–water partition coefficient (Wildman–Crippen LogP) is 12.4. The number of nitrogens with one attached hydrogen (secondary N) is 2. The first-order valence-electron chi connectivity index (χ1n) is 38.1. The van der Waals surface area contributed by atoms with Gasteiger partial charge in [-0.05, 0) is 57.8 Å². The Balaban J connectivity index is 2.68. The quantitative estimate of drug-likeness (QED) is 0.00682. The zero-order valence-electron chi connectivity index (χ0n) is 61.1. The molecule has 2 rings (SSSR count). The molecule has 26 nitrogen and oxygen atoms in total. The Bertz CT molecular complexity index is 2380. The van der Waals surface area contributed by atoms with E-state index in [2.05, 4.69) is 37.5 Å². The summed E-state index contributed by atoms with van der Waals surface area (Å²) in [6, 6.07) is -3.90. The molecule has 582 valence electrons. The van der Waals surface area contributed by atoms with Gasteiger partial charge in [0.2, 0.25) is 11.8 Å².